The Balaban J connectivity index is 2.85. The van der Waals surface area contributed by atoms with Crippen LogP contribution in [-0.4, -0.2) is 11.9 Å². The molecule has 0 saturated carbocycles. The van der Waals surface area contributed by atoms with Crippen LogP contribution in [0.1, 0.15) is 13.8 Å². The molecule has 0 amide bonds. The van der Waals surface area contributed by atoms with Crippen molar-refractivity contribution in [3.63, 3.8) is 0 Å². The first-order chi connectivity index (χ1) is 4.61. The second-order valence-corrected chi connectivity index (χ2v) is 2.46. The maximum atomic E-state index is 10.7. The van der Waals surface area contributed by atoms with E-state index < -0.39 is 11.9 Å². The normalized spacial score (nSPS) is 17.7. The van der Waals surface area contributed by atoms with Gasteiger partial charge in [0.2, 0.25) is 0 Å². The predicted molar refractivity (Wildman–Crippen MR) is 34.0 cm³/mol. The number of cyclic esters (lactones) is 2. The van der Waals surface area contributed by atoms with Gasteiger partial charge in [0.25, 0.3) is 0 Å². The third-order valence-corrected chi connectivity index (χ3v) is 1.32. The highest BCUT2D eigenvalue weighted by Crippen LogP contribution is 2.16. The summed E-state index contributed by atoms with van der Waals surface area (Å²) in [6, 6.07) is 0. The van der Waals surface area contributed by atoms with Gasteiger partial charge in [0, 0.05) is 11.6 Å². The van der Waals surface area contributed by atoms with E-state index in [1.54, 1.807) is 0 Å². The molecule has 0 radical (unpaired) electrons. The molecule has 1 rings (SSSR count). The van der Waals surface area contributed by atoms with E-state index in [2.05, 4.69) is 4.74 Å². The fourth-order valence-corrected chi connectivity index (χ4v) is 0.768. The van der Waals surface area contributed by atoms with Crippen LogP contribution in [0.15, 0.2) is 11.6 Å². The molecule has 0 fully saturated rings. The Morgan fingerprint density at radius 2 is 2.00 bits per heavy atom. The predicted octanol–water partition coefficient (Wildman–Crippen LogP) is 0.652. The zero-order valence-electron chi connectivity index (χ0n) is 5.88. The Labute approximate surface area is 58.7 Å². The third kappa shape index (κ3) is 1.07. The Morgan fingerprint density at radius 1 is 1.40 bits per heavy atom. The van der Waals surface area contributed by atoms with Gasteiger partial charge in [-0.2, -0.15) is 0 Å². The SMILES string of the molecule is CC(C)C1=CC(=O)OC1=O. The van der Waals surface area contributed by atoms with Gasteiger partial charge in [-0.15, -0.1) is 0 Å². The second kappa shape index (κ2) is 2.25. The van der Waals surface area contributed by atoms with Crippen molar-refractivity contribution >= 4 is 11.9 Å². The van der Waals surface area contributed by atoms with E-state index in [4.69, 9.17) is 0 Å². The molecule has 3 nitrogen and oxygen atoms in total. The fourth-order valence-electron chi connectivity index (χ4n) is 0.768. The first-order valence-electron chi connectivity index (χ1n) is 3.09. The van der Waals surface area contributed by atoms with Gasteiger partial charge in [0.15, 0.2) is 0 Å². The minimum Gasteiger partial charge on any atom is -0.386 e. The minimum absolute atomic E-state index is 0.0685. The summed E-state index contributed by atoms with van der Waals surface area (Å²) in [6.45, 7) is 3.68. The van der Waals surface area contributed by atoms with Gasteiger partial charge in [0.1, 0.15) is 0 Å². The number of hydrogen-bond acceptors (Lipinski definition) is 3. The summed E-state index contributed by atoms with van der Waals surface area (Å²) in [6.07, 6.45) is 1.24. The molecular weight excluding hydrogens is 132 g/mol. The maximum absolute atomic E-state index is 10.7. The Hall–Kier alpha value is -1.12. The summed E-state index contributed by atoms with van der Waals surface area (Å²) >= 11 is 0. The van der Waals surface area contributed by atoms with Gasteiger partial charge < -0.3 is 4.74 Å². The van der Waals surface area contributed by atoms with Crippen molar-refractivity contribution in [2.45, 2.75) is 13.8 Å². The van der Waals surface area contributed by atoms with Crippen molar-refractivity contribution in [3.8, 4) is 0 Å². The summed E-state index contributed by atoms with van der Waals surface area (Å²) < 4.78 is 4.26. The smallest absolute Gasteiger partial charge is 0.342 e. The zero-order valence-corrected chi connectivity index (χ0v) is 5.88. The van der Waals surface area contributed by atoms with Crippen LogP contribution in [0.3, 0.4) is 0 Å². The molecule has 0 aromatic rings. The minimum atomic E-state index is -0.547. The van der Waals surface area contributed by atoms with Crippen molar-refractivity contribution in [3.05, 3.63) is 11.6 Å². The lowest BCUT2D eigenvalue weighted by atomic mass is 10.1. The van der Waals surface area contributed by atoms with Crippen LogP contribution in [0.25, 0.3) is 0 Å². The molecule has 0 N–H and O–H groups in total. The molecule has 0 saturated heterocycles. The van der Waals surface area contributed by atoms with Crippen LogP contribution < -0.4 is 0 Å². The monoisotopic (exact) mass is 140 g/mol. The summed E-state index contributed by atoms with van der Waals surface area (Å²) in [5, 5.41) is 0. The van der Waals surface area contributed by atoms with Crippen LogP contribution in [0.2, 0.25) is 0 Å². The van der Waals surface area contributed by atoms with Gasteiger partial charge in [-0.05, 0) is 5.92 Å². The molecule has 1 aliphatic heterocycles. The van der Waals surface area contributed by atoms with Crippen molar-refractivity contribution in [1.82, 2.24) is 0 Å². The number of carbonyl (C=O) groups is 2. The molecule has 3 heteroatoms. The van der Waals surface area contributed by atoms with Crippen LogP contribution in [-0.2, 0) is 14.3 Å². The highest BCUT2D eigenvalue weighted by atomic mass is 16.6. The fraction of sp³-hybridized carbons (Fsp3) is 0.429. The first kappa shape index (κ1) is 6.99. The number of rotatable bonds is 1. The lowest BCUT2D eigenvalue weighted by molar-refractivity contribution is -0.150. The highest BCUT2D eigenvalue weighted by molar-refractivity contribution is 6.08. The lowest BCUT2D eigenvalue weighted by Gasteiger charge is -1.99. The molecule has 0 aromatic carbocycles. The van der Waals surface area contributed by atoms with E-state index in [-0.39, 0.29) is 5.92 Å². The van der Waals surface area contributed by atoms with Crippen LogP contribution >= 0.6 is 0 Å². The molecule has 10 heavy (non-hydrogen) atoms. The molecule has 0 spiro atoms. The molecule has 0 atom stereocenters. The third-order valence-electron chi connectivity index (χ3n) is 1.32. The van der Waals surface area contributed by atoms with Crippen LogP contribution in [0.5, 0.6) is 0 Å². The van der Waals surface area contributed by atoms with E-state index in [1.807, 2.05) is 13.8 Å². The number of esters is 2. The topological polar surface area (TPSA) is 43.4 Å². The molecule has 1 aliphatic rings. The second-order valence-electron chi connectivity index (χ2n) is 2.46. The summed E-state index contributed by atoms with van der Waals surface area (Å²) in [4.78, 5) is 21.2. The molecule has 0 unspecified atom stereocenters. The number of ether oxygens (including phenoxy) is 1. The van der Waals surface area contributed by atoms with Gasteiger partial charge in [-0.25, -0.2) is 9.59 Å². The van der Waals surface area contributed by atoms with Gasteiger partial charge in [0.05, 0.1) is 0 Å². The van der Waals surface area contributed by atoms with Gasteiger partial charge >= 0.3 is 11.9 Å². The molecule has 0 aromatic heterocycles. The Bertz CT molecular complexity index is 213. The van der Waals surface area contributed by atoms with Crippen molar-refractivity contribution in [1.29, 1.82) is 0 Å². The van der Waals surface area contributed by atoms with Gasteiger partial charge in [-0.1, -0.05) is 13.8 Å². The van der Waals surface area contributed by atoms with E-state index in [0.29, 0.717) is 5.57 Å². The van der Waals surface area contributed by atoms with Crippen molar-refractivity contribution in [2.75, 3.05) is 0 Å². The molecule has 54 valence electrons. The largest absolute Gasteiger partial charge is 0.386 e. The first-order valence-corrected chi connectivity index (χ1v) is 3.09. The average molecular weight is 140 g/mol. The molecule has 0 aliphatic carbocycles. The molecular formula is C7H8O3. The lowest BCUT2D eigenvalue weighted by Crippen LogP contribution is -2.05. The zero-order chi connectivity index (χ0) is 7.72. The number of carbonyl (C=O) groups excluding carboxylic acids is 2. The Kier molecular flexibility index (Phi) is 1.57. The molecule has 0 bridgehead atoms. The Morgan fingerprint density at radius 3 is 2.20 bits per heavy atom. The highest BCUT2D eigenvalue weighted by Gasteiger charge is 2.25. The van der Waals surface area contributed by atoms with Gasteiger partial charge in [-0.3, -0.25) is 0 Å². The van der Waals surface area contributed by atoms with Crippen LogP contribution in [0, 0.1) is 5.92 Å². The van der Waals surface area contributed by atoms with Crippen molar-refractivity contribution in [2.24, 2.45) is 5.92 Å². The quantitative estimate of drug-likeness (QED) is 0.396. The molecule has 1 heterocycles. The summed E-state index contributed by atoms with van der Waals surface area (Å²) in [7, 11) is 0. The number of hydrogen-bond donors (Lipinski definition) is 0. The van der Waals surface area contributed by atoms with Crippen LogP contribution in [0.4, 0.5) is 0 Å². The van der Waals surface area contributed by atoms with Crippen molar-refractivity contribution < 1.29 is 14.3 Å². The van der Waals surface area contributed by atoms with E-state index in [9.17, 15) is 9.59 Å². The summed E-state index contributed by atoms with van der Waals surface area (Å²) in [5.41, 5.74) is 0.463. The standard InChI is InChI=1S/C7H8O3/c1-4(2)5-3-6(8)10-7(5)9/h3-4H,1-2H3. The van der Waals surface area contributed by atoms with E-state index in [0.717, 1.165) is 0 Å². The van der Waals surface area contributed by atoms with E-state index >= 15 is 0 Å². The van der Waals surface area contributed by atoms with E-state index in [1.165, 1.54) is 6.08 Å². The average Bonchev–Trinajstić information content (AvgIpc) is 2.10. The summed E-state index contributed by atoms with van der Waals surface area (Å²) in [5.74, 6) is -0.979. The maximum Gasteiger partial charge on any atom is 0.342 e.